The molecule has 1 saturated heterocycles. The highest BCUT2D eigenvalue weighted by Crippen LogP contribution is 2.44. The Bertz CT molecular complexity index is 1080. The summed E-state index contributed by atoms with van der Waals surface area (Å²) in [5.74, 6) is -1.27. The van der Waals surface area contributed by atoms with E-state index in [-0.39, 0.29) is 36.3 Å². The summed E-state index contributed by atoms with van der Waals surface area (Å²) >= 11 is 0. The third-order valence-electron chi connectivity index (χ3n) is 8.01. The number of alkyl carbamates (subject to hydrolysis) is 1. The Morgan fingerprint density at radius 3 is 2.29 bits per heavy atom. The molecule has 1 aliphatic heterocycles. The fraction of sp³-hybridized carbons (Fsp3) is 0.464. The van der Waals surface area contributed by atoms with Crippen molar-refractivity contribution >= 4 is 18.0 Å². The summed E-state index contributed by atoms with van der Waals surface area (Å²) in [5, 5.41) is 12.1. The number of hydrogen-bond acceptors (Lipinski definition) is 4. The first-order valence-electron chi connectivity index (χ1n) is 12.6. The molecule has 2 amide bonds. The van der Waals surface area contributed by atoms with Crippen LogP contribution in [0.25, 0.3) is 11.1 Å². The molecule has 1 saturated carbocycles. The van der Waals surface area contributed by atoms with Crippen LogP contribution in [0.2, 0.25) is 0 Å². The highest BCUT2D eigenvalue weighted by Gasteiger charge is 2.40. The van der Waals surface area contributed by atoms with E-state index in [2.05, 4.69) is 29.6 Å². The number of rotatable bonds is 6. The average Bonchev–Trinajstić information content (AvgIpc) is 3.15. The Morgan fingerprint density at radius 1 is 1.03 bits per heavy atom. The maximum absolute atomic E-state index is 12.9. The van der Waals surface area contributed by atoms with Gasteiger partial charge >= 0.3 is 12.1 Å². The van der Waals surface area contributed by atoms with Crippen molar-refractivity contribution in [3.8, 4) is 11.1 Å². The van der Waals surface area contributed by atoms with Gasteiger partial charge in [-0.3, -0.25) is 9.59 Å². The average molecular weight is 477 g/mol. The first-order valence-corrected chi connectivity index (χ1v) is 12.6. The highest BCUT2D eigenvalue weighted by atomic mass is 16.5. The zero-order valence-electron chi connectivity index (χ0n) is 20.0. The van der Waals surface area contributed by atoms with Crippen molar-refractivity contribution in [1.82, 2.24) is 10.2 Å². The zero-order valence-corrected chi connectivity index (χ0v) is 20.0. The largest absolute Gasteiger partial charge is 0.481 e. The molecule has 35 heavy (non-hydrogen) atoms. The van der Waals surface area contributed by atoms with Gasteiger partial charge in [0.1, 0.15) is 6.61 Å². The Balaban J connectivity index is 1.13. The van der Waals surface area contributed by atoms with Crippen molar-refractivity contribution in [2.45, 2.75) is 44.6 Å². The van der Waals surface area contributed by atoms with Gasteiger partial charge in [-0.15, -0.1) is 0 Å². The maximum atomic E-state index is 12.9. The van der Waals surface area contributed by atoms with Gasteiger partial charge in [-0.2, -0.15) is 0 Å². The summed E-state index contributed by atoms with van der Waals surface area (Å²) in [7, 11) is 0. The molecule has 7 nitrogen and oxygen atoms in total. The van der Waals surface area contributed by atoms with E-state index in [0.29, 0.717) is 19.5 Å². The second-order valence-corrected chi connectivity index (χ2v) is 10.2. The van der Waals surface area contributed by atoms with Crippen LogP contribution >= 0.6 is 0 Å². The lowest BCUT2D eigenvalue weighted by atomic mass is 9.81. The van der Waals surface area contributed by atoms with Crippen LogP contribution in [0.3, 0.4) is 0 Å². The van der Waals surface area contributed by atoms with Gasteiger partial charge < -0.3 is 20.1 Å². The normalized spacial score (nSPS) is 22.5. The molecular weight excluding hydrogens is 444 g/mol. The van der Waals surface area contributed by atoms with Gasteiger partial charge in [-0.25, -0.2) is 4.79 Å². The van der Waals surface area contributed by atoms with E-state index in [9.17, 15) is 14.4 Å². The van der Waals surface area contributed by atoms with Gasteiger partial charge in [-0.1, -0.05) is 61.9 Å². The zero-order chi connectivity index (χ0) is 24.5. The number of ether oxygens (including phenoxy) is 1. The highest BCUT2D eigenvalue weighted by molar-refractivity contribution is 5.81. The van der Waals surface area contributed by atoms with Crippen molar-refractivity contribution < 1.29 is 24.2 Å². The van der Waals surface area contributed by atoms with Crippen LogP contribution in [0.15, 0.2) is 48.5 Å². The molecule has 7 heteroatoms. The van der Waals surface area contributed by atoms with Crippen LogP contribution in [0.4, 0.5) is 4.79 Å². The summed E-state index contributed by atoms with van der Waals surface area (Å²) in [4.78, 5) is 38.5. The summed E-state index contributed by atoms with van der Waals surface area (Å²) in [6.45, 7) is 2.98. The van der Waals surface area contributed by atoms with Crippen LogP contribution in [-0.2, 0) is 14.3 Å². The minimum atomic E-state index is -0.813. The molecule has 0 radical (unpaired) electrons. The number of likely N-dealkylation sites (tertiary alicyclic amines) is 1. The van der Waals surface area contributed by atoms with Crippen LogP contribution in [0, 0.1) is 17.8 Å². The van der Waals surface area contributed by atoms with Crippen molar-refractivity contribution in [3.63, 3.8) is 0 Å². The lowest BCUT2D eigenvalue weighted by molar-refractivity contribution is -0.153. The Hall–Kier alpha value is -3.35. The van der Waals surface area contributed by atoms with Crippen molar-refractivity contribution in [2.24, 2.45) is 17.8 Å². The Labute approximate surface area is 205 Å². The smallest absolute Gasteiger partial charge is 0.407 e. The molecule has 184 valence electrons. The monoisotopic (exact) mass is 476 g/mol. The predicted octanol–water partition coefficient (Wildman–Crippen LogP) is 4.26. The van der Waals surface area contributed by atoms with E-state index >= 15 is 0 Å². The first kappa shape index (κ1) is 23.4. The van der Waals surface area contributed by atoms with Gasteiger partial charge in [-0.05, 0) is 41.5 Å². The lowest BCUT2D eigenvalue weighted by Crippen LogP contribution is -2.56. The van der Waals surface area contributed by atoms with E-state index in [0.717, 1.165) is 19.3 Å². The lowest BCUT2D eigenvalue weighted by Gasteiger charge is -2.43. The Kier molecular flexibility index (Phi) is 6.50. The topological polar surface area (TPSA) is 95.9 Å². The molecule has 3 unspecified atom stereocenters. The van der Waals surface area contributed by atoms with Crippen molar-refractivity contribution in [3.05, 3.63) is 59.7 Å². The molecule has 3 atom stereocenters. The fourth-order valence-electron chi connectivity index (χ4n) is 5.82. The van der Waals surface area contributed by atoms with E-state index in [1.807, 2.05) is 24.3 Å². The number of carboxylic acids is 1. The van der Waals surface area contributed by atoms with Crippen molar-refractivity contribution in [2.75, 3.05) is 19.7 Å². The van der Waals surface area contributed by atoms with E-state index in [1.54, 1.807) is 11.8 Å². The third-order valence-corrected chi connectivity index (χ3v) is 8.01. The molecule has 2 aromatic carbocycles. The molecule has 0 aromatic heterocycles. The number of carbonyl (C=O) groups is 3. The number of carboxylic acid groups (broad SMARTS) is 1. The van der Waals surface area contributed by atoms with Crippen LogP contribution in [-0.4, -0.2) is 53.7 Å². The minimum Gasteiger partial charge on any atom is -0.481 e. The van der Waals surface area contributed by atoms with Crippen LogP contribution in [0.1, 0.15) is 49.7 Å². The number of amides is 2. The van der Waals surface area contributed by atoms with E-state index in [1.165, 1.54) is 22.3 Å². The second-order valence-electron chi connectivity index (χ2n) is 10.2. The molecule has 0 spiro atoms. The van der Waals surface area contributed by atoms with Crippen LogP contribution < -0.4 is 5.32 Å². The minimum absolute atomic E-state index is 0.0152. The molecule has 2 aromatic rings. The predicted molar refractivity (Wildman–Crippen MR) is 131 cm³/mol. The first-order chi connectivity index (χ1) is 16.9. The summed E-state index contributed by atoms with van der Waals surface area (Å²) in [6, 6.07) is 16.4. The molecule has 2 aliphatic carbocycles. The number of nitrogens with one attached hydrogen (secondary N) is 1. The third kappa shape index (κ3) is 4.64. The quantitative estimate of drug-likeness (QED) is 0.649. The van der Waals surface area contributed by atoms with E-state index < -0.39 is 18.0 Å². The van der Waals surface area contributed by atoms with Gasteiger partial charge in [0.05, 0.1) is 5.92 Å². The number of carbonyl (C=O) groups excluding carboxylic acids is 2. The van der Waals surface area contributed by atoms with Gasteiger partial charge in [0.25, 0.3) is 0 Å². The second kappa shape index (κ2) is 9.72. The number of fused-ring (bicyclic) bond motifs is 3. The fourth-order valence-corrected chi connectivity index (χ4v) is 5.82. The SMILES string of the molecule is CC(C(=O)O)C1CN(C(=O)C2CCCC(NC(=O)OCC3c4ccccc4-c4ccccc43)C2)C1. The molecule has 5 rings (SSSR count). The molecular formula is C28H32N2O5. The Morgan fingerprint density at radius 2 is 1.66 bits per heavy atom. The van der Waals surface area contributed by atoms with Crippen molar-refractivity contribution in [1.29, 1.82) is 0 Å². The molecule has 3 aliphatic rings. The van der Waals surface area contributed by atoms with Gasteiger partial charge in [0.2, 0.25) is 5.91 Å². The van der Waals surface area contributed by atoms with Crippen LogP contribution in [0.5, 0.6) is 0 Å². The maximum Gasteiger partial charge on any atom is 0.407 e. The molecule has 0 bridgehead atoms. The number of nitrogens with zero attached hydrogens (tertiary/aromatic N) is 1. The molecule has 2 fully saturated rings. The van der Waals surface area contributed by atoms with E-state index in [4.69, 9.17) is 9.84 Å². The molecule has 2 N–H and O–H groups in total. The summed E-state index contributed by atoms with van der Waals surface area (Å²) in [5.41, 5.74) is 4.73. The number of benzene rings is 2. The summed E-state index contributed by atoms with van der Waals surface area (Å²) < 4.78 is 5.68. The summed E-state index contributed by atoms with van der Waals surface area (Å²) in [6.07, 6.45) is 2.65. The standard InChI is InChI=1S/C28H32N2O5/c1-17(27(32)33)19-14-30(15-19)26(31)18-7-6-8-20(13-18)29-28(34)35-16-25-23-11-4-2-9-21(23)22-10-3-5-12-24(22)25/h2-5,9-12,17-20,25H,6-8,13-16H2,1H3,(H,29,34)(H,32,33). The van der Waals surface area contributed by atoms with Gasteiger partial charge in [0.15, 0.2) is 0 Å². The molecule has 1 heterocycles. The van der Waals surface area contributed by atoms with Gasteiger partial charge in [0, 0.05) is 36.9 Å². The number of aliphatic carboxylic acids is 1. The number of hydrogen-bond donors (Lipinski definition) is 2.